The Morgan fingerprint density at radius 1 is 1.00 bits per heavy atom. The topological polar surface area (TPSA) is 66.4 Å². The summed E-state index contributed by atoms with van der Waals surface area (Å²) in [5, 5.41) is 13.9. The largest absolute Gasteiger partial charge is 0.393 e. The van der Waals surface area contributed by atoms with Crippen LogP contribution >= 0.6 is 0 Å². The van der Waals surface area contributed by atoms with Crippen LogP contribution in [0.4, 0.5) is 0 Å². The van der Waals surface area contributed by atoms with Crippen molar-refractivity contribution in [3.05, 3.63) is 0 Å². The number of ketones is 1. The fraction of sp³-hybridized carbons (Fsp3) is 0.933. The molecular formula is C30H51NO3. The van der Waals surface area contributed by atoms with E-state index in [0.29, 0.717) is 29.5 Å². The van der Waals surface area contributed by atoms with Crippen molar-refractivity contribution in [3.63, 3.8) is 0 Å². The van der Waals surface area contributed by atoms with E-state index in [9.17, 15) is 14.7 Å². The normalized spacial score (nSPS) is 41.5. The van der Waals surface area contributed by atoms with E-state index >= 15 is 0 Å². The van der Waals surface area contributed by atoms with Crippen LogP contribution in [0.15, 0.2) is 0 Å². The minimum atomic E-state index is -0.118. The number of rotatable bonds is 10. The maximum Gasteiger partial charge on any atom is 0.219 e. The highest BCUT2D eigenvalue weighted by Gasteiger charge is 2.62. The number of hydrogen-bond donors (Lipinski definition) is 2. The van der Waals surface area contributed by atoms with E-state index in [4.69, 9.17) is 0 Å². The lowest BCUT2D eigenvalue weighted by Gasteiger charge is -2.62. The summed E-state index contributed by atoms with van der Waals surface area (Å²) in [4.78, 5) is 24.2. The Morgan fingerprint density at radius 3 is 2.53 bits per heavy atom. The molecule has 4 fully saturated rings. The Bertz CT molecular complexity index is 722. The molecule has 0 saturated heterocycles. The van der Waals surface area contributed by atoms with Gasteiger partial charge in [-0.3, -0.25) is 9.59 Å². The van der Waals surface area contributed by atoms with Crippen LogP contribution in [0.1, 0.15) is 124 Å². The number of unbranched alkanes of at least 4 members (excludes halogenated alkanes) is 4. The van der Waals surface area contributed by atoms with Gasteiger partial charge in [0, 0.05) is 25.8 Å². The van der Waals surface area contributed by atoms with E-state index in [-0.39, 0.29) is 17.4 Å². The second-order valence-corrected chi connectivity index (χ2v) is 13.0. The number of carbonyl (C=O) groups is 2. The van der Waals surface area contributed by atoms with Gasteiger partial charge in [0.1, 0.15) is 5.78 Å². The van der Waals surface area contributed by atoms with Gasteiger partial charge in [-0.2, -0.15) is 0 Å². The summed E-state index contributed by atoms with van der Waals surface area (Å²) in [6.45, 7) is 7.80. The molecule has 0 aromatic rings. The van der Waals surface area contributed by atoms with Crippen LogP contribution in [-0.4, -0.2) is 29.4 Å². The van der Waals surface area contributed by atoms with Crippen molar-refractivity contribution in [3.8, 4) is 0 Å². The minimum Gasteiger partial charge on any atom is -0.393 e. The van der Waals surface area contributed by atoms with Crippen molar-refractivity contribution >= 4 is 11.7 Å². The van der Waals surface area contributed by atoms with Crippen LogP contribution in [0.3, 0.4) is 0 Å². The minimum absolute atomic E-state index is 0.117. The summed E-state index contributed by atoms with van der Waals surface area (Å²) in [5.41, 5.74) is 0.452. The molecule has 4 aliphatic carbocycles. The van der Waals surface area contributed by atoms with Crippen molar-refractivity contribution in [2.45, 2.75) is 130 Å². The third-order valence-corrected chi connectivity index (χ3v) is 11.2. The van der Waals surface area contributed by atoms with E-state index in [2.05, 4.69) is 26.1 Å². The molecule has 4 rings (SSSR count). The fourth-order valence-corrected chi connectivity index (χ4v) is 9.07. The zero-order valence-electron chi connectivity index (χ0n) is 22.2. The lowest BCUT2D eigenvalue weighted by molar-refractivity contribution is -0.156. The average molecular weight is 474 g/mol. The van der Waals surface area contributed by atoms with Crippen molar-refractivity contribution < 1.29 is 14.7 Å². The van der Waals surface area contributed by atoms with Crippen molar-refractivity contribution in [2.75, 3.05) is 6.54 Å². The molecule has 194 valence electrons. The maximum atomic E-state index is 12.4. The van der Waals surface area contributed by atoms with Crippen LogP contribution in [-0.2, 0) is 9.59 Å². The van der Waals surface area contributed by atoms with Crippen molar-refractivity contribution in [1.29, 1.82) is 0 Å². The quantitative estimate of drug-likeness (QED) is 0.359. The van der Waals surface area contributed by atoms with Gasteiger partial charge in [0.25, 0.3) is 0 Å². The Labute approximate surface area is 208 Å². The van der Waals surface area contributed by atoms with Crippen LogP contribution in [0.5, 0.6) is 0 Å². The first-order valence-electron chi connectivity index (χ1n) is 14.8. The molecule has 4 saturated carbocycles. The first-order valence-corrected chi connectivity index (χ1v) is 14.8. The predicted molar refractivity (Wildman–Crippen MR) is 137 cm³/mol. The lowest BCUT2D eigenvalue weighted by atomic mass is 9.42. The summed E-state index contributed by atoms with van der Waals surface area (Å²) in [6, 6.07) is 0. The zero-order chi connectivity index (χ0) is 24.3. The molecule has 0 spiro atoms. The van der Waals surface area contributed by atoms with Crippen molar-refractivity contribution in [2.24, 2.45) is 40.4 Å². The van der Waals surface area contributed by atoms with Gasteiger partial charge in [-0.05, 0) is 91.8 Å². The zero-order valence-corrected chi connectivity index (χ0v) is 22.2. The lowest BCUT2D eigenvalue weighted by Crippen LogP contribution is -2.57. The number of amides is 1. The van der Waals surface area contributed by atoms with Gasteiger partial charge in [0.2, 0.25) is 5.91 Å². The van der Waals surface area contributed by atoms with Crippen LogP contribution in [0.2, 0.25) is 0 Å². The monoisotopic (exact) mass is 473 g/mol. The molecular weight excluding hydrogens is 422 g/mol. The van der Waals surface area contributed by atoms with E-state index in [1.807, 2.05) is 0 Å². The smallest absolute Gasteiger partial charge is 0.219 e. The molecule has 8 atom stereocenters. The Balaban J connectivity index is 1.34. The predicted octanol–water partition coefficient (Wildman–Crippen LogP) is 6.44. The first-order chi connectivity index (χ1) is 16.3. The summed E-state index contributed by atoms with van der Waals surface area (Å²) < 4.78 is 0. The van der Waals surface area contributed by atoms with Gasteiger partial charge in [-0.15, -0.1) is 0 Å². The fourth-order valence-electron chi connectivity index (χ4n) is 9.07. The standard InChI is InChI=1S/C30H51NO3/c1-4-18-31-27(34)11-9-7-5-6-8-10-21-19-22-20-23(32)14-16-29(22,2)25-15-17-30(3)24(28(21)25)12-13-26(30)33/h21-22,24-26,28,33H,4-20H2,1-3H3,(H,31,34)/t21-,22+,24+,25+,26+,28+,29+,30+/m1/s1. The molecule has 34 heavy (non-hydrogen) atoms. The van der Waals surface area contributed by atoms with Crippen molar-refractivity contribution in [1.82, 2.24) is 5.32 Å². The Morgan fingerprint density at radius 2 is 1.74 bits per heavy atom. The number of aliphatic hydroxyl groups excluding tert-OH is 1. The number of nitrogens with one attached hydrogen (secondary N) is 1. The molecule has 0 aromatic carbocycles. The molecule has 0 heterocycles. The summed E-state index contributed by atoms with van der Waals surface area (Å²) in [6.07, 6.45) is 17.3. The Kier molecular flexibility index (Phi) is 8.48. The molecule has 4 nitrogen and oxygen atoms in total. The second kappa shape index (κ2) is 11.0. The second-order valence-electron chi connectivity index (χ2n) is 13.0. The van der Waals surface area contributed by atoms with Gasteiger partial charge < -0.3 is 10.4 Å². The van der Waals surface area contributed by atoms with Gasteiger partial charge in [0.15, 0.2) is 0 Å². The highest BCUT2D eigenvalue weighted by atomic mass is 16.3. The molecule has 0 radical (unpaired) electrons. The molecule has 1 amide bonds. The number of fused-ring (bicyclic) bond motifs is 5. The number of hydrogen-bond acceptors (Lipinski definition) is 3. The van der Waals surface area contributed by atoms with Gasteiger partial charge in [-0.25, -0.2) is 0 Å². The first kappa shape index (κ1) is 26.2. The Hall–Kier alpha value is -0.900. The molecule has 4 heteroatoms. The van der Waals surface area contributed by atoms with Gasteiger partial charge >= 0.3 is 0 Å². The molecule has 0 bridgehead atoms. The van der Waals surface area contributed by atoms with Gasteiger partial charge in [0.05, 0.1) is 6.10 Å². The van der Waals surface area contributed by atoms with E-state index in [1.165, 1.54) is 51.4 Å². The SMILES string of the molecule is CCCNC(=O)CCCCCCC[C@@H]1C[C@H]2CC(=O)CC[C@]2(C)[C@H]2CC[C@]3(C)[C@@H](O)CC[C@H]3[C@H]12. The number of carbonyl (C=O) groups excluding carboxylic acids is 2. The summed E-state index contributed by atoms with van der Waals surface area (Å²) in [5.74, 6) is 4.17. The van der Waals surface area contributed by atoms with E-state index in [0.717, 1.165) is 69.2 Å². The van der Waals surface area contributed by atoms with E-state index in [1.54, 1.807) is 0 Å². The molecule has 0 aromatic heterocycles. The third kappa shape index (κ3) is 5.13. The van der Waals surface area contributed by atoms with E-state index < -0.39 is 0 Å². The summed E-state index contributed by atoms with van der Waals surface area (Å²) >= 11 is 0. The van der Waals surface area contributed by atoms with Crippen LogP contribution < -0.4 is 5.32 Å². The number of aliphatic hydroxyl groups is 1. The summed E-state index contributed by atoms with van der Waals surface area (Å²) in [7, 11) is 0. The molecule has 2 N–H and O–H groups in total. The number of Topliss-reactive ketones (excluding diaryl/α,β-unsaturated/α-hetero) is 1. The highest BCUT2D eigenvalue weighted by molar-refractivity contribution is 5.79. The maximum absolute atomic E-state index is 12.4. The van der Waals surface area contributed by atoms with Crippen LogP contribution in [0, 0.1) is 40.4 Å². The van der Waals surface area contributed by atoms with Crippen LogP contribution in [0.25, 0.3) is 0 Å². The van der Waals surface area contributed by atoms with Gasteiger partial charge in [-0.1, -0.05) is 52.9 Å². The average Bonchev–Trinajstić information content (AvgIpc) is 3.12. The third-order valence-electron chi connectivity index (χ3n) is 11.2. The highest BCUT2D eigenvalue weighted by Crippen LogP contribution is 2.67. The molecule has 4 aliphatic rings. The molecule has 0 aliphatic heterocycles. The molecule has 0 unspecified atom stereocenters.